The molecule has 0 aliphatic heterocycles. The number of methoxy groups -OCH3 is 1. The lowest BCUT2D eigenvalue weighted by atomic mass is 10.1. The van der Waals surface area contributed by atoms with Crippen molar-refractivity contribution in [2.75, 3.05) is 26.1 Å². The zero-order chi connectivity index (χ0) is 12.3. The van der Waals surface area contributed by atoms with Crippen LogP contribution in [0.15, 0.2) is 6.07 Å². The van der Waals surface area contributed by atoms with Crippen LogP contribution in [0.1, 0.15) is 21.6 Å². The summed E-state index contributed by atoms with van der Waals surface area (Å²) in [6.07, 6.45) is 0. The zero-order valence-corrected chi connectivity index (χ0v) is 9.94. The SMILES string of the molecule is COC(=O)c1c(CO)cc(N(C)C)nc1C. The monoisotopic (exact) mass is 224 g/mol. The van der Waals surface area contributed by atoms with Gasteiger partial charge in [-0.05, 0) is 18.6 Å². The summed E-state index contributed by atoms with van der Waals surface area (Å²) < 4.78 is 4.66. The third-order valence-electron chi connectivity index (χ3n) is 2.29. The molecule has 1 aromatic heterocycles. The van der Waals surface area contributed by atoms with Crippen molar-refractivity contribution in [1.82, 2.24) is 4.98 Å². The van der Waals surface area contributed by atoms with E-state index in [1.807, 2.05) is 19.0 Å². The number of ether oxygens (including phenoxy) is 1. The van der Waals surface area contributed by atoms with Gasteiger partial charge in [-0.1, -0.05) is 0 Å². The number of pyridine rings is 1. The number of hydrogen-bond acceptors (Lipinski definition) is 5. The quantitative estimate of drug-likeness (QED) is 0.767. The second-order valence-corrected chi connectivity index (χ2v) is 3.64. The van der Waals surface area contributed by atoms with Gasteiger partial charge in [0.1, 0.15) is 5.82 Å². The summed E-state index contributed by atoms with van der Waals surface area (Å²) in [6.45, 7) is 1.51. The first kappa shape index (κ1) is 12.4. The van der Waals surface area contributed by atoms with E-state index in [1.165, 1.54) is 7.11 Å². The number of carbonyl (C=O) groups excluding carboxylic acids is 1. The number of aryl methyl sites for hydroxylation is 1. The maximum atomic E-state index is 11.5. The van der Waals surface area contributed by atoms with E-state index >= 15 is 0 Å². The van der Waals surface area contributed by atoms with Gasteiger partial charge in [0.25, 0.3) is 0 Å². The minimum absolute atomic E-state index is 0.214. The van der Waals surface area contributed by atoms with Crippen molar-refractivity contribution < 1.29 is 14.6 Å². The summed E-state index contributed by atoms with van der Waals surface area (Å²) in [5.41, 5.74) is 1.43. The number of esters is 1. The summed E-state index contributed by atoms with van der Waals surface area (Å²) in [6, 6.07) is 1.68. The Bertz CT molecular complexity index is 402. The molecule has 0 saturated carbocycles. The largest absolute Gasteiger partial charge is 0.465 e. The van der Waals surface area contributed by atoms with E-state index in [1.54, 1.807) is 13.0 Å². The Labute approximate surface area is 94.7 Å². The summed E-state index contributed by atoms with van der Waals surface area (Å²) in [4.78, 5) is 17.6. The number of carbonyl (C=O) groups is 1. The number of aliphatic hydroxyl groups is 1. The standard InChI is InChI=1S/C11H16N2O3/c1-7-10(11(15)16-4)8(6-14)5-9(12-7)13(2)3/h5,14H,6H2,1-4H3. The van der Waals surface area contributed by atoms with E-state index in [0.717, 1.165) is 0 Å². The molecule has 1 aromatic rings. The van der Waals surface area contributed by atoms with Gasteiger partial charge in [-0.15, -0.1) is 0 Å². The molecular weight excluding hydrogens is 208 g/mol. The average Bonchev–Trinajstić information content (AvgIpc) is 2.26. The Morgan fingerprint density at radius 1 is 1.56 bits per heavy atom. The van der Waals surface area contributed by atoms with Gasteiger partial charge in [-0.25, -0.2) is 9.78 Å². The lowest BCUT2D eigenvalue weighted by Crippen LogP contribution is -2.16. The molecule has 0 spiro atoms. The molecule has 0 aliphatic rings. The number of rotatable bonds is 3. The van der Waals surface area contributed by atoms with Crippen LogP contribution in [0.3, 0.4) is 0 Å². The summed E-state index contributed by atoms with van der Waals surface area (Å²) in [5.74, 6) is 0.230. The molecule has 0 amide bonds. The molecule has 0 unspecified atom stereocenters. The normalized spacial score (nSPS) is 10.1. The summed E-state index contributed by atoms with van der Waals surface area (Å²) in [5, 5.41) is 9.24. The lowest BCUT2D eigenvalue weighted by molar-refractivity contribution is 0.0595. The van der Waals surface area contributed by atoms with E-state index in [2.05, 4.69) is 9.72 Å². The first-order valence-corrected chi connectivity index (χ1v) is 4.88. The number of aliphatic hydroxyl groups excluding tert-OH is 1. The third-order valence-corrected chi connectivity index (χ3v) is 2.29. The maximum absolute atomic E-state index is 11.5. The van der Waals surface area contributed by atoms with Crippen LogP contribution in [0, 0.1) is 6.92 Å². The van der Waals surface area contributed by atoms with E-state index in [4.69, 9.17) is 0 Å². The Balaban J connectivity index is 3.34. The van der Waals surface area contributed by atoms with Gasteiger partial charge >= 0.3 is 5.97 Å². The highest BCUT2D eigenvalue weighted by molar-refractivity contribution is 5.92. The molecular formula is C11H16N2O3. The third kappa shape index (κ3) is 2.30. The van der Waals surface area contributed by atoms with Crippen molar-refractivity contribution in [3.05, 3.63) is 22.9 Å². The van der Waals surface area contributed by atoms with Crippen LogP contribution < -0.4 is 4.90 Å². The lowest BCUT2D eigenvalue weighted by Gasteiger charge is -2.16. The van der Waals surface area contributed by atoms with E-state index in [-0.39, 0.29) is 6.61 Å². The predicted molar refractivity (Wildman–Crippen MR) is 60.6 cm³/mol. The molecule has 0 saturated heterocycles. The second-order valence-electron chi connectivity index (χ2n) is 3.64. The molecule has 0 aromatic carbocycles. The molecule has 0 radical (unpaired) electrons. The smallest absolute Gasteiger partial charge is 0.340 e. The maximum Gasteiger partial charge on any atom is 0.340 e. The summed E-state index contributed by atoms with van der Waals surface area (Å²) in [7, 11) is 5.00. The molecule has 0 aliphatic carbocycles. The fraction of sp³-hybridized carbons (Fsp3) is 0.455. The fourth-order valence-electron chi connectivity index (χ4n) is 1.46. The van der Waals surface area contributed by atoms with Crippen molar-refractivity contribution in [1.29, 1.82) is 0 Å². The van der Waals surface area contributed by atoms with Crippen LogP contribution in [0.25, 0.3) is 0 Å². The van der Waals surface area contributed by atoms with Gasteiger partial charge in [0.05, 0.1) is 25.0 Å². The Kier molecular flexibility index (Phi) is 3.84. The molecule has 0 fully saturated rings. The van der Waals surface area contributed by atoms with Crippen molar-refractivity contribution in [3.63, 3.8) is 0 Å². The van der Waals surface area contributed by atoms with Gasteiger partial charge in [0.2, 0.25) is 0 Å². The number of anilines is 1. The van der Waals surface area contributed by atoms with Crippen LogP contribution in [-0.4, -0.2) is 37.3 Å². The van der Waals surface area contributed by atoms with Gasteiger partial charge in [-0.3, -0.25) is 0 Å². The van der Waals surface area contributed by atoms with Gasteiger partial charge in [0, 0.05) is 14.1 Å². The highest BCUT2D eigenvalue weighted by Gasteiger charge is 2.17. The minimum atomic E-state index is -0.473. The molecule has 1 heterocycles. The van der Waals surface area contributed by atoms with Crippen LogP contribution in [-0.2, 0) is 11.3 Å². The molecule has 0 atom stereocenters. The highest BCUT2D eigenvalue weighted by atomic mass is 16.5. The van der Waals surface area contributed by atoms with Gasteiger partial charge in [0.15, 0.2) is 0 Å². The van der Waals surface area contributed by atoms with Gasteiger partial charge in [-0.2, -0.15) is 0 Å². The highest BCUT2D eigenvalue weighted by Crippen LogP contribution is 2.19. The molecule has 1 N–H and O–H groups in total. The first-order valence-electron chi connectivity index (χ1n) is 4.88. The molecule has 1 rings (SSSR count). The Hall–Kier alpha value is -1.62. The Morgan fingerprint density at radius 2 is 2.19 bits per heavy atom. The van der Waals surface area contributed by atoms with Crippen LogP contribution in [0.2, 0.25) is 0 Å². The fourth-order valence-corrected chi connectivity index (χ4v) is 1.46. The molecule has 16 heavy (non-hydrogen) atoms. The van der Waals surface area contributed by atoms with Crippen LogP contribution in [0.5, 0.6) is 0 Å². The predicted octanol–water partition coefficient (Wildman–Crippen LogP) is 0.735. The summed E-state index contributed by atoms with van der Waals surface area (Å²) >= 11 is 0. The molecule has 0 bridgehead atoms. The van der Waals surface area contributed by atoms with Crippen molar-refractivity contribution in [2.45, 2.75) is 13.5 Å². The minimum Gasteiger partial charge on any atom is -0.465 e. The van der Waals surface area contributed by atoms with Crippen LogP contribution >= 0.6 is 0 Å². The van der Waals surface area contributed by atoms with Crippen molar-refractivity contribution >= 4 is 11.8 Å². The second kappa shape index (κ2) is 4.94. The van der Waals surface area contributed by atoms with Crippen molar-refractivity contribution in [3.8, 4) is 0 Å². The number of aromatic nitrogens is 1. The Morgan fingerprint density at radius 3 is 2.62 bits per heavy atom. The molecule has 5 heteroatoms. The topological polar surface area (TPSA) is 62.7 Å². The van der Waals surface area contributed by atoms with E-state index in [9.17, 15) is 9.90 Å². The number of hydrogen-bond donors (Lipinski definition) is 1. The van der Waals surface area contributed by atoms with Crippen LogP contribution in [0.4, 0.5) is 5.82 Å². The average molecular weight is 224 g/mol. The van der Waals surface area contributed by atoms with Gasteiger partial charge < -0.3 is 14.7 Å². The van der Waals surface area contributed by atoms with E-state index in [0.29, 0.717) is 22.6 Å². The van der Waals surface area contributed by atoms with Crippen molar-refractivity contribution in [2.24, 2.45) is 0 Å². The molecule has 88 valence electrons. The molecule has 5 nitrogen and oxygen atoms in total. The number of nitrogens with zero attached hydrogens (tertiary/aromatic N) is 2. The zero-order valence-electron chi connectivity index (χ0n) is 9.94. The van der Waals surface area contributed by atoms with E-state index < -0.39 is 5.97 Å². The first-order chi connectivity index (χ1) is 7.51.